The van der Waals surface area contributed by atoms with Crippen LogP contribution in [0.5, 0.6) is 0 Å². The van der Waals surface area contributed by atoms with Gasteiger partial charge in [0.15, 0.2) is 0 Å². The molecule has 4 nitrogen and oxygen atoms in total. The fraction of sp³-hybridized carbons (Fsp3) is 0.333. The Morgan fingerprint density at radius 3 is 2.74 bits per heavy atom. The van der Waals surface area contributed by atoms with E-state index in [1.54, 1.807) is 23.5 Å². The third-order valence-corrected chi connectivity index (χ3v) is 5.34. The van der Waals surface area contributed by atoms with Gasteiger partial charge in [-0.3, -0.25) is 4.79 Å². The van der Waals surface area contributed by atoms with Gasteiger partial charge >= 0.3 is 5.97 Å². The number of carboxylic acids is 1. The van der Waals surface area contributed by atoms with Gasteiger partial charge < -0.3 is 10.4 Å². The van der Waals surface area contributed by atoms with E-state index in [1.807, 2.05) is 0 Å². The Bertz CT molecular complexity index is 504. The van der Waals surface area contributed by atoms with Crippen molar-refractivity contribution in [3.63, 3.8) is 0 Å². The Hall–Kier alpha value is -1.21. The van der Waals surface area contributed by atoms with Crippen molar-refractivity contribution in [2.45, 2.75) is 5.25 Å². The molecule has 1 aliphatic rings. The van der Waals surface area contributed by atoms with Crippen LogP contribution in [0.2, 0.25) is 0 Å². The lowest BCUT2D eigenvalue weighted by atomic mass is 10.2. The lowest BCUT2D eigenvalue weighted by Gasteiger charge is -2.20. The molecular weight excluding hydrogens is 289 g/mol. The van der Waals surface area contributed by atoms with E-state index in [9.17, 15) is 14.0 Å². The number of nitrogens with one attached hydrogen (secondary N) is 1. The van der Waals surface area contributed by atoms with E-state index in [1.165, 1.54) is 12.1 Å². The molecule has 1 aliphatic heterocycles. The first-order valence-electron chi connectivity index (χ1n) is 5.61. The number of aromatic carboxylic acids is 1. The van der Waals surface area contributed by atoms with Gasteiger partial charge in [-0.1, -0.05) is 0 Å². The summed E-state index contributed by atoms with van der Waals surface area (Å²) in [5.74, 6) is 0.474. The summed E-state index contributed by atoms with van der Waals surface area (Å²) in [4.78, 5) is 22.6. The Kier molecular flexibility index (Phi) is 4.71. The highest BCUT2D eigenvalue weighted by atomic mass is 32.2. The Morgan fingerprint density at radius 2 is 2.16 bits per heavy atom. The first kappa shape index (κ1) is 14.2. The molecular formula is C12H12FNO3S2. The van der Waals surface area contributed by atoms with Crippen molar-refractivity contribution in [1.82, 2.24) is 0 Å². The van der Waals surface area contributed by atoms with Crippen LogP contribution in [-0.4, -0.2) is 39.5 Å². The Labute approximate surface area is 118 Å². The summed E-state index contributed by atoms with van der Waals surface area (Å²) in [6, 6.07) is 3.45. The van der Waals surface area contributed by atoms with Crippen LogP contribution in [0.1, 0.15) is 10.4 Å². The van der Waals surface area contributed by atoms with Crippen molar-refractivity contribution in [2.24, 2.45) is 0 Å². The van der Waals surface area contributed by atoms with Crippen LogP contribution in [0, 0.1) is 5.82 Å². The molecule has 1 fully saturated rings. The monoisotopic (exact) mass is 301 g/mol. The molecule has 2 rings (SSSR count). The smallest absolute Gasteiger partial charge is 0.335 e. The molecule has 1 aromatic rings. The van der Waals surface area contributed by atoms with Crippen molar-refractivity contribution in [3.8, 4) is 0 Å². The van der Waals surface area contributed by atoms with Crippen LogP contribution >= 0.6 is 23.5 Å². The van der Waals surface area contributed by atoms with E-state index in [4.69, 9.17) is 5.11 Å². The fourth-order valence-corrected chi connectivity index (χ4v) is 4.16. The number of halogens is 1. The standard InChI is InChI=1S/C12H12FNO3S2/c13-8-5-7(12(16)17)1-2-9(8)14-11(15)10-6-18-3-4-19-10/h1-2,5,10H,3-4,6H2,(H,14,15)(H,16,17). The molecule has 7 heteroatoms. The average Bonchev–Trinajstić information content (AvgIpc) is 2.41. The molecule has 1 amide bonds. The van der Waals surface area contributed by atoms with E-state index in [-0.39, 0.29) is 22.4 Å². The molecule has 0 aliphatic carbocycles. The van der Waals surface area contributed by atoms with Gasteiger partial charge in [0.2, 0.25) is 5.91 Å². The van der Waals surface area contributed by atoms with Gasteiger partial charge in [-0.15, -0.1) is 11.8 Å². The minimum atomic E-state index is -1.20. The zero-order chi connectivity index (χ0) is 13.8. The number of amides is 1. The van der Waals surface area contributed by atoms with Gasteiger partial charge in [-0.2, -0.15) is 11.8 Å². The fourth-order valence-electron chi connectivity index (χ4n) is 1.60. The third kappa shape index (κ3) is 3.63. The van der Waals surface area contributed by atoms with Crippen LogP contribution in [0.25, 0.3) is 0 Å². The SMILES string of the molecule is O=C(O)c1ccc(NC(=O)C2CSCCS2)c(F)c1. The maximum absolute atomic E-state index is 13.6. The van der Waals surface area contributed by atoms with Crippen LogP contribution in [0.4, 0.5) is 10.1 Å². The second-order valence-electron chi connectivity index (χ2n) is 3.92. The number of carbonyl (C=O) groups excluding carboxylic acids is 1. The van der Waals surface area contributed by atoms with E-state index in [2.05, 4.69) is 5.32 Å². The van der Waals surface area contributed by atoms with Gasteiger partial charge in [-0.25, -0.2) is 9.18 Å². The summed E-state index contributed by atoms with van der Waals surface area (Å²) < 4.78 is 13.6. The number of anilines is 1. The van der Waals surface area contributed by atoms with E-state index >= 15 is 0 Å². The number of carboxylic acid groups (broad SMARTS) is 1. The Morgan fingerprint density at radius 1 is 1.37 bits per heavy atom. The second kappa shape index (κ2) is 6.29. The zero-order valence-electron chi connectivity index (χ0n) is 9.89. The van der Waals surface area contributed by atoms with Crippen LogP contribution in [-0.2, 0) is 4.79 Å². The molecule has 0 bridgehead atoms. The molecule has 2 N–H and O–H groups in total. The number of hydrogen-bond donors (Lipinski definition) is 2. The van der Waals surface area contributed by atoms with Crippen molar-refractivity contribution in [3.05, 3.63) is 29.6 Å². The summed E-state index contributed by atoms with van der Waals surface area (Å²) in [5.41, 5.74) is -0.121. The number of carbonyl (C=O) groups is 2. The summed E-state index contributed by atoms with van der Waals surface area (Å²) in [7, 11) is 0. The highest BCUT2D eigenvalue weighted by Gasteiger charge is 2.23. The van der Waals surface area contributed by atoms with Gasteiger partial charge in [-0.05, 0) is 18.2 Å². The van der Waals surface area contributed by atoms with E-state index < -0.39 is 11.8 Å². The number of hydrogen-bond acceptors (Lipinski definition) is 4. The normalized spacial score (nSPS) is 18.9. The van der Waals surface area contributed by atoms with Crippen molar-refractivity contribution in [1.29, 1.82) is 0 Å². The molecule has 0 spiro atoms. The average molecular weight is 301 g/mol. The molecule has 0 aromatic heterocycles. The summed E-state index contributed by atoms with van der Waals surface area (Å²) >= 11 is 3.25. The highest BCUT2D eigenvalue weighted by molar-refractivity contribution is 8.07. The Balaban J connectivity index is 2.06. The molecule has 1 aromatic carbocycles. The first-order chi connectivity index (χ1) is 9.08. The first-order valence-corrected chi connectivity index (χ1v) is 7.81. The molecule has 19 heavy (non-hydrogen) atoms. The number of rotatable bonds is 3. The van der Waals surface area contributed by atoms with Gasteiger partial charge in [0.1, 0.15) is 5.82 Å². The predicted octanol–water partition coefficient (Wildman–Crippen LogP) is 2.31. The molecule has 0 saturated carbocycles. The van der Waals surface area contributed by atoms with Gasteiger partial charge in [0.25, 0.3) is 0 Å². The van der Waals surface area contributed by atoms with Gasteiger partial charge in [0.05, 0.1) is 16.5 Å². The molecule has 1 saturated heterocycles. The second-order valence-corrected chi connectivity index (χ2v) is 6.38. The molecule has 1 heterocycles. The lowest BCUT2D eigenvalue weighted by Crippen LogP contribution is -2.30. The largest absolute Gasteiger partial charge is 0.478 e. The minimum Gasteiger partial charge on any atom is -0.478 e. The summed E-state index contributed by atoms with van der Waals surface area (Å²) in [5, 5.41) is 11.0. The van der Waals surface area contributed by atoms with Crippen LogP contribution in [0.15, 0.2) is 18.2 Å². The van der Waals surface area contributed by atoms with Crippen LogP contribution < -0.4 is 5.32 Å². The number of thioether (sulfide) groups is 2. The van der Waals surface area contributed by atoms with E-state index in [0.29, 0.717) is 5.75 Å². The minimum absolute atomic E-state index is 0.0196. The quantitative estimate of drug-likeness (QED) is 0.897. The molecule has 0 radical (unpaired) electrons. The molecule has 102 valence electrons. The lowest BCUT2D eigenvalue weighted by molar-refractivity contribution is -0.115. The molecule has 1 unspecified atom stereocenters. The van der Waals surface area contributed by atoms with Gasteiger partial charge in [0, 0.05) is 17.3 Å². The summed E-state index contributed by atoms with van der Waals surface area (Å²) in [6.45, 7) is 0. The van der Waals surface area contributed by atoms with Crippen LogP contribution in [0.3, 0.4) is 0 Å². The van der Waals surface area contributed by atoms with Crippen molar-refractivity contribution in [2.75, 3.05) is 22.6 Å². The predicted molar refractivity (Wildman–Crippen MR) is 75.6 cm³/mol. The van der Waals surface area contributed by atoms with Crippen molar-refractivity contribution < 1.29 is 19.1 Å². The van der Waals surface area contributed by atoms with E-state index in [0.717, 1.165) is 17.6 Å². The highest BCUT2D eigenvalue weighted by Crippen LogP contribution is 2.25. The summed E-state index contributed by atoms with van der Waals surface area (Å²) in [6.07, 6.45) is 0. The third-order valence-electron chi connectivity index (χ3n) is 2.58. The zero-order valence-corrected chi connectivity index (χ0v) is 11.5. The maximum atomic E-state index is 13.6. The number of benzene rings is 1. The van der Waals surface area contributed by atoms with Crippen molar-refractivity contribution >= 4 is 41.1 Å². The topological polar surface area (TPSA) is 66.4 Å². The molecule has 1 atom stereocenters. The maximum Gasteiger partial charge on any atom is 0.335 e.